The van der Waals surface area contributed by atoms with Gasteiger partial charge in [0.15, 0.2) is 0 Å². The smallest absolute Gasteiger partial charge is 0.328 e. The van der Waals surface area contributed by atoms with E-state index in [0.717, 1.165) is 0 Å². The Hall–Kier alpha value is -1.49. The molecule has 0 aliphatic rings. The van der Waals surface area contributed by atoms with E-state index in [4.69, 9.17) is 0 Å². The van der Waals surface area contributed by atoms with Crippen molar-refractivity contribution in [3.05, 3.63) is 35.8 Å². The first kappa shape index (κ1) is 18.5. The molecule has 0 aromatic carbocycles. The van der Waals surface area contributed by atoms with E-state index in [9.17, 15) is 9.59 Å². The first-order chi connectivity index (χ1) is 9.40. The summed E-state index contributed by atoms with van der Waals surface area (Å²) in [6.45, 7) is 7.74. The third kappa shape index (κ3) is 8.58. The summed E-state index contributed by atoms with van der Waals surface area (Å²) in [6.07, 6.45) is 7.25. The van der Waals surface area contributed by atoms with Crippen LogP contribution in [-0.2, 0) is 14.3 Å². The quantitative estimate of drug-likeness (QED) is 0.425. The third-order valence-corrected chi connectivity index (χ3v) is 2.78. The van der Waals surface area contributed by atoms with Gasteiger partial charge in [-0.25, -0.2) is 4.79 Å². The van der Waals surface area contributed by atoms with Gasteiger partial charge in [-0.05, 0) is 35.7 Å². The predicted octanol–water partition coefficient (Wildman–Crippen LogP) is 2.68. The van der Waals surface area contributed by atoms with Gasteiger partial charge in [0.1, 0.15) is 6.04 Å². The van der Waals surface area contributed by atoms with E-state index < -0.39 is 12.0 Å². The van der Waals surface area contributed by atoms with Gasteiger partial charge in [-0.3, -0.25) is 4.79 Å². The summed E-state index contributed by atoms with van der Waals surface area (Å²) in [5, 5.41) is 4.52. The third-order valence-electron chi connectivity index (χ3n) is 2.38. The molecule has 0 bridgehead atoms. The zero-order chi connectivity index (χ0) is 15.5. The molecule has 0 heterocycles. The van der Waals surface area contributed by atoms with Crippen LogP contribution in [0.1, 0.15) is 20.3 Å². The second-order valence-corrected chi connectivity index (χ2v) is 5.40. The van der Waals surface area contributed by atoms with E-state index in [1.165, 1.54) is 13.2 Å². The SMILES string of the molecule is C=C(/C=C\SC)/C=C/C(=O)N[C@H](CC(C)C)C(=O)OC. The summed E-state index contributed by atoms with van der Waals surface area (Å²) in [6, 6.07) is -0.618. The lowest BCUT2D eigenvalue weighted by molar-refractivity contribution is -0.145. The number of hydrogen-bond acceptors (Lipinski definition) is 4. The lowest BCUT2D eigenvalue weighted by Crippen LogP contribution is -2.41. The van der Waals surface area contributed by atoms with Gasteiger partial charge in [-0.1, -0.05) is 26.5 Å². The number of carbonyl (C=O) groups excluding carboxylic acids is 2. The van der Waals surface area contributed by atoms with Crippen molar-refractivity contribution >= 4 is 23.6 Å². The number of allylic oxidation sites excluding steroid dienone is 3. The number of nitrogens with one attached hydrogen (secondary N) is 1. The van der Waals surface area contributed by atoms with E-state index >= 15 is 0 Å². The molecule has 5 heteroatoms. The first-order valence-corrected chi connectivity index (χ1v) is 7.64. The highest BCUT2D eigenvalue weighted by atomic mass is 32.2. The maximum absolute atomic E-state index is 11.8. The van der Waals surface area contributed by atoms with Gasteiger partial charge >= 0.3 is 5.97 Å². The molecule has 0 rings (SSSR count). The molecule has 0 fully saturated rings. The maximum Gasteiger partial charge on any atom is 0.328 e. The summed E-state index contributed by atoms with van der Waals surface area (Å²) in [4.78, 5) is 23.3. The number of thioether (sulfide) groups is 1. The fourth-order valence-electron chi connectivity index (χ4n) is 1.44. The van der Waals surface area contributed by atoms with Gasteiger partial charge in [-0.15, -0.1) is 11.8 Å². The summed E-state index contributed by atoms with van der Waals surface area (Å²) < 4.78 is 4.68. The molecule has 0 saturated heterocycles. The normalized spacial score (nSPS) is 12.8. The Morgan fingerprint density at radius 2 is 1.95 bits per heavy atom. The van der Waals surface area contributed by atoms with Crippen molar-refractivity contribution in [1.82, 2.24) is 5.32 Å². The molecule has 112 valence electrons. The van der Waals surface area contributed by atoms with Crippen molar-refractivity contribution in [2.75, 3.05) is 13.4 Å². The lowest BCUT2D eigenvalue weighted by Gasteiger charge is -2.17. The molecular weight excluding hydrogens is 274 g/mol. The Bertz CT molecular complexity index is 400. The standard InChI is InChI=1S/C15H23NO3S/c1-11(2)10-13(15(18)19-4)16-14(17)7-6-12(3)8-9-20-5/h6-9,11,13H,3,10H2,1-2,4-5H3,(H,16,17)/b7-6+,9-8-/t13-/m1/s1. The zero-order valence-corrected chi connectivity index (χ0v) is 13.3. The molecule has 0 saturated carbocycles. The highest BCUT2D eigenvalue weighted by molar-refractivity contribution is 8.01. The number of methoxy groups -OCH3 is 1. The number of ether oxygens (including phenoxy) is 1. The molecule has 0 aliphatic heterocycles. The lowest BCUT2D eigenvalue weighted by atomic mass is 10.0. The maximum atomic E-state index is 11.8. The van der Waals surface area contributed by atoms with Gasteiger partial charge in [0.05, 0.1) is 7.11 Å². The van der Waals surface area contributed by atoms with Crippen LogP contribution in [0.4, 0.5) is 0 Å². The van der Waals surface area contributed by atoms with E-state index in [1.807, 2.05) is 25.5 Å². The second kappa shape index (κ2) is 10.3. The Balaban J connectivity index is 4.53. The zero-order valence-electron chi connectivity index (χ0n) is 12.5. The van der Waals surface area contributed by atoms with E-state index in [1.54, 1.807) is 23.9 Å². The Morgan fingerprint density at radius 3 is 2.45 bits per heavy atom. The number of esters is 1. The molecule has 20 heavy (non-hydrogen) atoms. The monoisotopic (exact) mass is 297 g/mol. The molecule has 1 N–H and O–H groups in total. The molecule has 1 amide bonds. The van der Waals surface area contributed by atoms with Crippen molar-refractivity contribution in [2.24, 2.45) is 5.92 Å². The fraction of sp³-hybridized carbons (Fsp3) is 0.467. The van der Waals surface area contributed by atoms with Crippen molar-refractivity contribution < 1.29 is 14.3 Å². The summed E-state index contributed by atoms with van der Waals surface area (Å²) in [5.74, 6) is -0.482. The summed E-state index contributed by atoms with van der Waals surface area (Å²) in [7, 11) is 1.31. The van der Waals surface area contributed by atoms with Crippen LogP contribution >= 0.6 is 11.8 Å². The molecule has 0 unspecified atom stereocenters. The summed E-state index contributed by atoms with van der Waals surface area (Å²) >= 11 is 1.55. The predicted molar refractivity (Wildman–Crippen MR) is 84.3 cm³/mol. The van der Waals surface area contributed by atoms with Crippen LogP contribution in [0.15, 0.2) is 35.8 Å². The van der Waals surface area contributed by atoms with Crippen LogP contribution in [0.3, 0.4) is 0 Å². The highest BCUT2D eigenvalue weighted by Gasteiger charge is 2.21. The van der Waals surface area contributed by atoms with E-state index in [-0.39, 0.29) is 11.8 Å². The molecule has 0 aromatic heterocycles. The van der Waals surface area contributed by atoms with Gasteiger partial charge < -0.3 is 10.1 Å². The van der Waals surface area contributed by atoms with Gasteiger partial charge in [0.2, 0.25) is 5.91 Å². The van der Waals surface area contributed by atoms with E-state index in [2.05, 4.69) is 16.6 Å². The largest absolute Gasteiger partial charge is 0.467 e. The van der Waals surface area contributed by atoms with Crippen molar-refractivity contribution in [2.45, 2.75) is 26.3 Å². The minimum atomic E-state index is -0.618. The van der Waals surface area contributed by atoms with Crippen molar-refractivity contribution in [1.29, 1.82) is 0 Å². The van der Waals surface area contributed by atoms with Gasteiger partial charge in [0.25, 0.3) is 0 Å². The van der Waals surface area contributed by atoms with Crippen molar-refractivity contribution in [3.8, 4) is 0 Å². The Kier molecular flexibility index (Phi) is 9.55. The number of hydrogen-bond donors (Lipinski definition) is 1. The van der Waals surface area contributed by atoms with Crippen LogP contribution in [0, 0.1) is 5.92 Å². The molecule has 0 radical (unpaired) electrons. The fourth-order valence-corrected chi connectivity index (χ4v) is 1.75. The number of amides is 1. The minimum absolute atomic E-state index is 0.280. The van der Waals surface area contributed by atoms with Crippen LogP contribution in [0.5, 0.6) is 0 Å². The minimum Gasteiger partial charge on any atom is -0.467 e. The number of carbonyl (C=O) groups is 2. The highest BCUT2D eigenvalue weighted by Crippen LogP contribution is 2.06. The van der Waals surface area contributed by atoms with Crippen LogP contribution in [0.25, 0.3) is 0 Å². The Labute approximate surface area is 125 Å². The van der Waals surface area contributed by atoms with Crippen LogP contribution in [-0.4, -0.2) is 31.3 Å². The number of rotatable bonds is 8. The van der Waals surface area contributed by atoms with Gasteiger partial charge in [-0.2, -0.15) is 0 Å². The molecule has 0 spiro atoms. The molecule has 0 aliphatic carbocycles. The Morgan fingerprint density at radius 1 is 1.30 bits per heavy atom. The molecular formula is C15H23NO3S. The first-order valence-electron chi connectivity index (χ1n) is 6.35. The molecule has 1 atom stereocenters. The average molecular weight is 297 g/mol. The van der Waals surface area contributed by atoms with Crippen molar-refractivity contribution in [3.63, 3.8) is 0 Å². The molecule has 4 nitrogen and oxygen atoms in total. The second-order valence-electron chi connectivity index (χ2n) is 4.66. The summed E-state index contributed by atoms with van der Waals surface area (Å²) in [5.41, 5.74) is 0.716. The van der Waals surface area contributed by atoms with Crippen LogP contribution in [0.2, 0.25) is 0 Å². The van der Waals surface area contributed by atoms with E-state index in [0.29, 0.717) is 12.0 Å². The average Bonchev–Trinajstić information content (AvgIpc) is 2.40. The molecule has 0 aromatic rings. The topological polar surface area (TPSA) is 55.4 Å². The van der Waals surface area contributed by atoms with Crippen LogP contribution < -0.4 is 5.32 Å². The van der Waals surface area contributed by atoms with Gasteiger partial charge in [0, 0.05) is 6.08 Å².